The number of aliphatic hydroxyl groups is 1. The number of fused-ring (bicyclic) bond motifs is 1. The zero-order valence-electron chi connectivity index (χ0n) is 14.7. The second-order valence-electron chi connectivity index (χ2n) is 6.32. The van der Waals surface area contributed by atoms with Crippen molar-refractivity contribution in [2.45, 2.75) is 51.7 Å². The molecular formula is C16H27N5O3. The molecule has 0 aromatic carbocycles. The van der Waals surface area contributed by atoms with Gasteiger partial charge in [-0.15, -0.1) is 0 Å². The molecule has 1 unspecified atom stereocenters. The van der Waals surface area contributed by atoms with Crippen LogP contribution < -0.4 is 11.2 Å². The number of unbranched alkanes of at least 4 members (excludes halogenated alkanes) is 1. The molecule has 0 spiro atoms. The summed E-state index contributed by atoms with van der Waals surface area (Å²) in [5.74, 6) is 0. The molecule has 0 bridgehead atoms. The Balaban J connectivity index is 2.42. The van der Waals surface area contributed by atoms with E-state index in [1.54, 1.807) is 4.57 Å². The lowest BCUT2D eigenvalue weighted by atomic mass is 10.1. The maximum atomic E-state index is 12.8. The van der Waals surface area contributed by atoms with E-state index in [1.807, 2.05) is 14.1 Å². The summed E-state index contributed by atoms with van der Waals surface area (Å²) in [7, 11) is 3.92. The molecule has 2 rings (SSSR count). The number of aromatic amines is 1. The van der Waals surface area contributed by atoms with Gasteiger partial charge >= 0.3 is 5.69 Å². The van der Waals surface area contributed by atoms with Gasteiger partial charge in [-0.2, -0.15) is 0 Å². The van der Waals surface area contributed by atoms with Crippen LogP contribution in [0.3, 0.4) is 0 Å². The first kappa shape index (κ1) is 18.4. The highest BCUT2D eigenvalue weighted by atomic mass is 16.3. The highest BCUT2D eigenvalue weighted by Gasteiger charge is 2.18. The average Bonchev–Trinajstić information content (AvgIpc) is 2.94. The van der Waals surface area contributed by atoms with Gasteiger partial charge in [-0.3, -0.25) is 14.3 Å². The van der Waals surface area contributed by atoms with Gasteiger partial charge in [-0.05, 0) is 26.9 Å². The lowest BCUT2D eigenvalue weighted by molar-refractivity contribution is 0.241. The van der Waals surface area contributed by atoms with Gasteiger partial charge in [0.1, 0.15) is 0 Å². The van der Waals surface area contributed by atoms with Crippen LogP contribution in [0.2, 0.25) is 0 Å². The Morgan fingerprint density at radius 2 is 2.08 bits per heavy atom. The number of aryl methyl sites for hydroxylation is 1. The largest absolute Gasteiger partial charge is 0.396 e. The van der Waals surface area contributed by atoms with Gasteiger partial charge in [-0.25, -0.2) is 9.78 Å². The van der Waals surface area contributed by atoms with Crippen LogP contribution in [0.1, 0.15) is 32.6 Å². The first-order valence-corrected chi connectivity index (χ1v) is 8.44. The number of hydrogen-bond acceptors (Lipinski definition) is 5. The van der Waals surface area contributed by atoms with E-state index in [-0.39, 0.29) is 18.2 Å². The van der Waals surface area contributed by atoms with Crippen molar-refractivity contribution >= 4 is 11.2 Å². The first-order chi connectivity index (χ1) is 11.5. The molecule has 8 nitrogen and oxygen atoms in total. The van der Waals surface area contributed by atoms with Gasteiger partial charge < -0.3 is 14.6 Å². The third-order valence-corrected chi connectivity index (χ3v) is 4.33. The summed E-state index contributed by atoms with van der Waals surface area (Å²) in [6.45, 7) is 3.00. The zero-order valence-corrected chi connectivity index (χ0v) is 14.7. The molecule has 8 heteroatoms. The Morgan fingerprint density at radius 3 is 2.71 bits per heavy atom. The van der Waals surface area contributed by atoms with Gasteiger partial charge in [-0.1, -0.05) is 19.8 Å². The van der Waals surface area contributed by atoms with Crippen LogP contribution in [0.5, 0.6) is 0 Å². The fourth-order valence-electron chi connectivity index (χ4n) is 2.83. The molecule has 2 aromatic rings. The fraction of sp³-hybridized carbons (Fsp3) is 0.688. The number of aromatic nitrogens is 4. The van der Waals surface area contributed by atoms with Crippen molar-refractivity contribution in [3.05, 3.63) is 27.2 Å². The molecule has 2 heterocycles. The summed E-state index contributed by atoms with van der Waals surface area (Å²) in [5.41, 5.74) is -0.0685. The molecule has 0 saturated carbocycles. The summed E-state index contributed by atoms with van der Waals surface area (Å²) in [6, 6.07) is 0.120. The third kappa shape index (κ3) is 3.93. The van der Waals surface area contributed by atoms with E-state index < -0.39 is 5.69 Å². The number of aliphatic hydroxyl groups excluding tert-OH is 1. The van der Waals surface area contributed by atoms with Crippen LogP contribution in [0.15, 0.2) is 15.9 Å². The third-order valence-electron chi connectivity index (χ3n) is 4.33. The SMILES string of the molecule is CCCCC(Cn1c(=O)[nH]c2ncn(CCCO)c2c1=O)N(C)C. The predicted octanol–water partition coefficient (Wildman–Crippen LogP) is 0.389. The molecule has 0 fully saturated rings. The van der Waals surface area contributed by atoms with Crippen LogP contribution in [0, 0.1) is 0 Å². The number of rotatable bonds is 9. The van der Waals surface area contributed by atoms with Crippen molar-refractivity contribution in [2.75, 3.05) is 20.7 Å². The van der Waals surface area contributed by atoms with Crippen LogP contribution in [0.25, 0.3) is 11.2 Å². The summed E-state index contributed by atoms with van der Waals surface area (Å²) in [4.78, 5) is 34.0. The predicted molar refractivity (Wildman–Crippen MR) is 93.3 cm³/mol. The van der Waals surface area contributed by atoms with E-state index in [0.29, 0.717) is 30.7 Å². The summed E-state index contributed by atoms with van der Waals surface area (Å²) >= 11 is 0. The molecule has 0 aliphatic heterocycles. The lowest BCUT2D eigenvalue weighted by Crippen LogP contribution is -2.43. The zero-order chi connectivity index (χ0) is 17.7. The van der Waals surface area contributed by atoms with Gasteiger partial charge in [0.05, 0.1) is 6.33 Å². The van der Waals surface area contributed by atoms with Crippen LogP contribution in [-0.2, 0) is 13.1 Å². The van der Waals surface area contributed by atoms with Crippen molar-refractivity contribution in [2.24, 2.45) is 0 Å². The van der Waals surface area contributed by atoms with Crippen LogP contribution in [0.4, 0.5) is 0 Å². The number of hydrogen-bond donors (Lipinski definition) is 2. The first-order valence-electron chi connectivity index (χ1n) is 8.44. The highest BCUT2D eigenvalue weighted by molar-refractivity contribution is 5.69. The molecule has 2 N–H and O–H groups in total. The summed E-state index contributed by atoms with van der Waals surface area (Å²) in [6.07, 6.45) is 5.11. The lowest BCUT2D eigenvalue weighted by Gasteiger charge is -2.24. The standard InChI is InChI=1S/C16H27N5O3/c1-4-5-7-12(19(2)3)10-21-15(23)13-14(18-16(21)24)17-11-20(13)8-6-9-22/h11-12,22H,4-10H2,1-3H3,(H,18,24). The fourth-order valence-corrected chi connectivity index (χ4v) is 2.83. The number of H-pyrrole nitrogens is 1. The summed E-state index contributed by atoms with van der Waals surface area (Å²) in [5, 5.41) is 8.99. The molecule has 2 aromatic heterocycles. The minimum atomic E-state index is -0.428. The second kappa shape index (κ2) is 8.25. The molecule has 0 aliphatic rings. The van der Waals surface area contributed by atoms with Gasteiger partial charge in [0, 0.05) is 25.7 Å². The molecule has 1 atom stereocenters. The van der Waals surface area contributed by atoms with Gasteiger partial charge in [0.15, 0.2) is 11.2 Å². The molecule has 24 heavy (non-hydrogen) atoms. The number of imidazole rings is 1. The van der Waals surface area contributed by atoms with E-state index in [9.17, 15) is 9.59 Å². The van der Waals surface area contributed by atoms with Crippen molar-refractivity contribution in [3.8, 4) is 0 Å². The van der Waals surface area contributed by atoms with Crippen molar-refractivity contribution in [1.82, 2.24) is 24.0 Å². The van der Waals surface area contributed by atoms with E-state index >= 15 is 0 Å². The molecular weight excluding hydrogens is 310 g/mol. The molecule has 0 aliphatic carbocycles. The van der Waals surface area contributed by atoms with Crippen LogP contribution in [-0.4, -0.2) is 55.9 Å². The minimum Gasteiger partial charge on any atom is -0.396 e. The van der Waals surface area contributed by atoms with E-state index in [4.69, 9.17) is 5.11 Å². The van der Waals surface area contributed by atoms with E-state index in [1.165, 1.54) is 10.9 Å². The quantitative estimate of drug-likeness (QED) is 0.690. The molecule has 0 amide bonds. The van der Waals surface area contributed by atoms with Crippen molar-refractivity contribution in [1.29, 1.82) is 0 Å². The maximum Gasteiger partial charge on any atom is 0.330 e. The second-order valence-corrected chi connectivity index (χ2v) is 6.32. The minimum absolute atomic E-state index is 0.0386. The van der Waals surface area contributed by atoms with Gasteiger partial charge in [0.25, 0.3) is 5.56 Å². The Hall–Kier alpha value is -1.93. The Kier molecular flexibility index (Phi) is 6.33. The maximum absolute atomic E-state index is 12.8. The Morgan fingerprint density at radius 1 is 1.33 bits per heavy atom. The normalized spacial score (nSPS) is 13.0. The smallest absolute Gasteiger partial charge is 0.330 e. The van der Waals surface area contributed by atoms with Gasteiger partial charge in [0.2, 0.25) is 0 Å². The van der Waals surface area contributed by atoms with Crippen molar-refractivity contribution in [3.63, 3.8) is 0 Å². The number of likely N-dealkylation sites (N-methyl/N-ethyl adjacent to an activating group) is 1. The van der Waals surface area contributed by atoms with Crippen molar-refractivity contribution < 1.29 is 5.11 Å². The number of nitrogens with zero attached hydrogens (tertiary/aromatic N) is 4. The Bertz CT molecular complexity index is 774. The topological polar surface area (TPSA) is 96.1 Å². The molecule has 0 radical (unpaired) electrons. The number of nitrogens with one attached hydrogen (secondary N) is 1. The molecule has 134 valence electrons. The molecule has 0 saturated heterocycles. The summed E-state index contributed by atoms with van der Waals surface area (Å²) < 4.78 is 2.96. The van der Waals surface area contributed by atoms with E-state index in [0.717, 1.165) is 19.3 Å². The highest BCUT2D eigenvalue weighted by Crippen LogP contribution is 2.08. The Labute approximate surface area is 140 Å². The van der Waals surface area contributed by atoms with E-state index in [2.05, 4.69) is 21.8 Å². The monoisotopic (exact) mass is 337 g/mol. The van der Waals surface area contributed by atoms with Crippen LogP contribution >= 0.6 is 0 Å². The average molecular weight is 337 g/mol.